The molecular formula is C13H9NOS2. The van der Waals surface area contributed by atoms with E-state index < -0.39 is 0 Å². The standard InChI is InChI=1S/C13H9NOS2/c16-13-14-11-7-6-10(8-12(11)17-13)15-9-4-2-1-3-5-9/h1-8H,(H,14,16). The van der Waals surface area contributed by atoms with Crippen LogP contribution in [0.25, 0.3) is 10.2 Å². The Bertz CT molecular complexity index is 700. The second-order valence-corrected chi connectivity index (χ2v) is 5.31. The van der Waals surface area contributed by atoms with Crippen molar-refractivity contribution >= 4 is 33.8 Å². The van der Waals surface area contributed by atoms with Crippen LogP contribution >= 0.6 is 23.6 Å². The Morgan fingerprint density at radius 1 is 1.00 bits per heavy atom. The molecule has 0 saturated heterocycles. The second kappa shape index (κ2) is 4.31. The highest BCUT2D eigenvalue weighted by molar-refractivity contribution is 7.73. The van der Waals surface area contributed by atoms with Gasteiger partial charge in [0.15, 0.2) is 3.95 Å². The molecule has 3 aromatic rings. The van der Waals surface area contributed by atoms with Gasteiger partial charge in [-0.05, 0) is 36.5 Å². The molecule has 3 rings (SSSR count). The van der Waals surface area contributed by atoms with E-state index in [4.69, 9.17) is 17.0 Å². The Balaban J connectivity index is 1.98. The number of ether oxygens (including phenoxy) is 1. The van der Waals surface area contributed by atoms with Gasteiger partial charge in [0, 0.05) is 6.07 Å². The molecule has 84 valence electrons. The van der Waals surface area contributed by atoms with E-state index in [0.717, 1.165) is 25.7 Å². The quantitative estimate of drug-likeness (QED) is 0.672. The highest BCUT2D eigenvalue weighted by Crippen LogP contribution is 2.27. The number of rotatable bonds is 2. The van der Waals surface area contributed by atoms with Crippen LogP contribution in [-0.4, -0.2) is 4.98 Å². The van der Waals surface area contributed by atoms with Gasteiger partial charge in [-0.1, -0.05) is 18.2 Å². The van der Waals surface area contributed by atoms with Gasteiger partial charge in [-0.3, -0.25) is 0 Å². The Morgan fingerprint density at radius 3 is 2.65 bits per heavy atom. The summed E-state index contributed by atoms with van der Waals surface area (Å²) in [5.74, 6) is 1.67. The maximum Gasteiger partial charge on any atom is 0.159 e. The van der Waals surface area contributed by atoms with Gasteiger partial charge in [-0.15, -0.1) is 11.3 Å². The molecule has 1 N–H and O–H groups in total. The summed E-state index contributed by atoms with van der Waals surface area (Å²) in [7, 11) is 0. The third-order valence-corrected chi connectivity index (χ3v) is 3.57. The van der Waals surface area contributed by atoms with Crippen LogP contribution in [-0.2, 0) is 0 Å². The number of thiazole rings is 1. The molecule has 0 aliphatic heterocycles. The van der Waals surface area contributed by atoms with Gasteiger partial charge in [-0.25, -0.2) is 0 Å². The SMILES string of the molecule is S=c1[nH]c2ccc(Oc3ccccc3)cc2s1. The molecule has 2 nitrogen and oxygen atoms in total. The minimum Gasteiger partial charge on any atom is -0.457 e. The van der Waals surface area contributed by atoms with E-state index in [0.29, 0.717) is 0 Å². The van der Waals surface area contributed by atoms with Gasteiger partial charge < -0.3 is 9.72 Å². The number of hydrogen-bond acceptors (Lipinski definition) is 3. The zero-order chi connectivity index (χ0) is 11.7. The summed E-state index contributed by atoms with van der Waals surface area (Å²) in [6, 6.07) is 15.7. The Hall–Kier alpha value is -1.65. The summed E-state index contributed by atoms with van der Waals surface area (Å²) in [6.07, 6.45) is 0. The van der Waals surface area contributed by atoms with Crippen molar-refractivity contribution in [2.24, 2.45) is 0 Å². The molecule has 0 aliphatic rings. The first-order chi connectivity index (χ1) is 8.31. The van der Waals surface area contributed by atoms with E-state index in [1.54, 1.807) is 11.3 Å². The monoisotopic (exact) mass is 259 g/mol. The van der Waals surface area contributed by atoms with Crippen molar-refractivity contribution in [2.75, 3.05) is 0 Å². The molecule has 1 aromatic heterocycles. The maximum absolute atomic E-state index is 5.75. The van der Waals surface area contributed by atoms with Crippen LogP contribution in [0.2, 0.25) is 0 Å². The smallest absolute Gasteiger partial charge is 0.159 e. The van der Waals surface area contributed by atoms with Crippen molar-refractivity contribution in [1.29, 1.82) is 0 Å². The Kier molecular flexibility index (Phi) is 2.66. The average Bonchev–Trinajstić information content (AvgIpc) is 2.70. The zero-order valence-corrected chi connectivity index (χ0v) is 10.5. The van der Waals surface area contributed by atoms with Crippen LogP contribution in [0.5, 0.6) is 11.5 Å². The minimum absolute atomic E-state index is 0.789. The largest absolute Gasteiger partial charge is 0.457 e. The Morgan fingerprint density at radius 2 is 1.82 bits per heavy atom. The molecule has 0 atom stereocenters. The summed E-state index contributed by atoms with van der Waals surface area (Å²) in [5, 5.41) is 0. The zero-order valence-electron chi connectivity index (χ0n) is 8.84. The third kappa shape index (κ3) is 2.23. The van der Waals surface area contributed by atoms with Gasteiger partial charge in [-0.2, -0.15) is 0 Å². The first kappa shape index (κ1) is 10.5. The molecule has 0 aliphatic carbocycles. The highest BCUT2D eigenvalue weighted by atomic mass is 32.1. The van der Waals surface area contributed by atoms with Crippen LogP contribution in [0.1, 0.15) is 0 Å². The van der Waals surface area contributed by atoms with Crippen molar-refractivity contribution in [3.63, 3.8) is 0 Å². The molecular weight excluding hydrogens is 250 g/mol. The predicted molar refractivity (Wildman–Crippen MR) is 73.5 cm³/mol. The van der Waals surface area contributed by atoms with Gasteiger partial charge in [0.2, 0.25) is 0 Å². The van der Waals surface area contributed by atoms with Gasteiger partial charge in [0.05, 0.1) is 10.2 Å². The van der Waals surface area contributed by atoms with E-state index in [1.165, 1.54) is 0 Å². The first-order valence-electron chi connectivity index (χ1n) is 5.17. The third-order valence-electron chi connectivity index (χ3n) is 2.37. The van der Waals surface area contributed by atoms with Gasteiger partial charge in [0.1, 0.15) is 11.5 Å². The Labute approximate surface area is 108 Å². The molecule has 0 radical (unpaired) electrons. The molecule has 4 heteroatoms. The van der Waals surface area contributed by atoms with E-state index in [2.05, 4.69) is 4.98 Å². The average molecular weight is 259 g/mol. The summed E-state index contributed by atoms with van der Waals surface area (Å²) in [5.41, 5.74) is 1.06. The van der Waals surface area contributed by atoms with Crippen LogP contribution < -0.4 is 4.74 Å². The van der Waals surface area contributed by atoms with Crippen molar-refractivity contribution in [3.8, 4) is 11.5 Å². The summed E-state index contributed by atoms with van der Waals surface area (Å²) >= 11 is 6.66. The predicted octanol–water partition coefficient (Wildman–Crippen LogP) is 4.75. The molecule has 1 heterocycles. The molecule has 0 unspecified atom stereocenters. The second-order valence-electron chi connectivity index (χ2n) is 3.59. The summed E-state index contributed by atoms with van der Waals surface area (Å²) in [4.78, 5) is 3.13. The first-order valence-corrected chi connectivity index (χ1v) is 6.39. The fourth-order valence-corrected chi connectivity index (χ4v) is 2.76. The van der Waals surface area contributed by atoms with E-state index in [9.17, 15) is 0 Å². The van der Waals surface area contributed by atoms with Crippen molar-refractivity contribution < 1.29 is 4.74 Å². The van der Waals surface area contributed by atoms with Crippen LogP contribution in [0, 0.1) is 3.95 Å². The topological polar surface area (TPSA) is 25.0 Å². The summed E-state index contributed by atoms with van der Waals surface area (Å²) < 4.78 is 7.66. The fraction of sp³-hybridized carbons (Fsp3) is 0. The van der Waals surface area contributed by atoms with Crippen LogP contribution in [0.3, 0.4) is 0 Å². The van der Waals surface area contributed by atoms with Gasteiger partial charge in [0.25, 0.3) is 0 Å². The lowest BCUT2D eigenvalue weighted by atomic mass is 10.3. The molecule has 0 bridgehead atoms. The normalized spacial score (nSPS) is 10.6. The van der Waals surface area contributed by atoms with Crippen LogP contribution in [0.4, 0.5) is 0 Å². The number of hydrogen-bond donors (Lipinski definition) is 1. The number of fused-ring (bicyclic) bond motifs is 1. The number of benzene rings is 2. The molecule has 17 heavy (non-hydrogen) atoms. The lowest BCUT2D eigenvalue weighted by Gasteiger charge is -2.04. The van der Waals surface area contributed by atoms with E-state index in [1.807, 2.05) is 48.5 Å². The van der Waals surface area contributed by atoms with Crippen molar-refractivity contribution in [1.82, 2.24) is 4.98 Å². The lowest BCUT2D eigenvalue weighted by molar-refractivity contribution is 0.483. The lowest BCUT2D eigenvalue weighted by Crippen LogP contribution is -1.82. The number of aromatic nitrogens is 1. The number of nitrogens with one attached hydrogen (secondary N) is 1. The van der Waals surface area contributed by atoms with E-state index in [-0.39, 0.29) is 0 Å². The highest BCUT2D eigenvalue weighted by Gasteiger charge is 2.01. The fourth-order valence-electron chi connectivity index (χ4n) is 1.61. The maximum atomic E-state index is 5.75. The van der Waals surface area contributed by atoms with Crippen molar-refractivity contribution in [2.45, 2.75) is 0 Å². The number of para-hydroxylation sites is 1. The number of H-pyrrole nitrogens is 1. The molecule has 0 spiro atoms. The minimum atomic E-state index is 0.789. The number of aromatic amines is 1. The molecule has 0 amide bonds. The molecule has 2 aromatic carbocycles. The van der Waals surface area contributed by atoms with E-state index >= 15 is 0 Å². The molecule has 0 saturated carbocycles. The van der Waals surface area contributed by atoms with Crippen LogP contribution in [0.15, 0.2) is 48.5 Å². The molecule has 0 fully saturated rings. The van der Waals surface area contributed by atoms with Gasteiger partial charge >= 0.3 is 0 Å². The van der Waals surface area contributed by atoms with Crippen molar-refractivity contribution in [3.05, 3.63) is 52.5 Å². The summed E-state index contributed by atoms with van der Waals surface area (Å²) in [6.45, 7) is 0.